The van der Waals surface area contributed by atoms with E-state index in [0.717, 1.165) is 12.8 Å². The van der Waals surface area contributed by atoms with Gasteiger partial charge in [-0.3, -0.25) is 4.79 Å². The Morgan fingerprint density at radius 1 is 1.27 bits per heavy atom. The van der Waals surface area contributed by atoms with Gasteiger partial charge in [0.2, 0.25) is 0 Å². The monoisotopic (exact) mass is 204 g/mol. The molecule has 0 saturated heterocycles. The van der Waals surface area contributed by atoms with Gasteiger partial charge in [-0.15, -0.1) is 0 Å². The Bertz CT molecular complexity index is 332. The molecule has 1 aromatic rings. The number of hydrogen-bond donors (Lipinski definition) is 1. The number of aryl methyl sites for hydroxylation is 1. The first kappa shape index (κ1) is 10.4. The van der Waals surface area contributed by atoms with E-state index in [9.17, 15) is 9.90 Å². The minimum absolute atomic E-state index is 0.0835. The van der Waals surface area contributed by atoms with Crippen molar-refractivity contribution >= 4 is 5.78 Å². The van der Waals surface area contributed by atoms with E-state index in [2.05, 4.69) is 12.1 Å². The summed E-state index contributed by atoms with van der Waals surface area (Å²) < 4.78 is 0. The molecule has 80 valence electrons. The van der Waals surface area contributed by atoms with E-state index in [-0.39, 0.29) is 11.7 Å². The highest BCUT2D eigenvalue weighted by atomic mass is 16.3. The Hall–Kier alpha value is -1.15. The van der Waals surface area contributed by atoms with Gasteiger partial charge in [-0.05, 0) is 24.8 Å². The lowest BCUT2D eigenvalue weighted by atomic mass is 9.97. The fourth-order valence-corrected chi connectivity index (χ4v) is 2.21. The van der Waals surface area contributed by atoms with Gasteiger partial charge >= 0.3 is 0 Å². The summed E-state index contributed by atoms with van der Waals surface area (Å²) in [6.07, 6.45) is 2.44. The summed E-state index contributed by atoms with van der Waals surface area (Å²) >= 11 is 0. The third-order valence-electron chi connectivity index (χ3n) is 3.07. The molecule has 0 heterocycles. The Balaban J connectivity index is 1.86. The van der Waals surface area contributed by atoms with Crippen LogP contribution in [0.4, 0.5) is 0 Å². The second kappa shape index (κ2) is 4.58. The normalized spacial score (nSPS) is 25.8. The SMILES string of the molecule is O=C1C[C@H](O)C[C@@H]1CCc1ccccc1. The molecule has 0 aliphatic heterocycles. The molecule has 1 N–H and O–H groups in total. The predicted octanol–water partition coefficient (Wildman–Crippen LogP) is 1.96. The standard InChI is InChI=1S/C13H16O2/c14-12-8-11(13(15)9-12)7-6-10-4-2-1-3-5-10/h1-5,11-12,14H,6-9H2/t11-,12+/m0/s1. The summed E-state index contributed by atoms with van der Waals surface area (Å²) in [6.45, 7) is 0. The van der Waals surface area contributed by atoms with Crippen molar-refractivity contribution in [3.63, 3.8) is 0 Å². The topological polar surface area (TPSA) is 37.3 Å². The number of rotatable bonds is 3. The first-order valence-corrected chi connectivity index (χ1v) is 5.50. The van der Waals surface area contributed by atoms with Gasteiger partial charge in [0.25, 0.3) is 0 Å². The number of carbonyl (C=O) groups excluding carboxylic acids is 1. The van der Waals surface area contributed by atoms with Gasteiger partial charge in [0, 0.05) is 12.3 Å². The predicted molar refractivity (Wildman–Crippen MR) is 58.5 cm³/mol. The van der Waals surface area contributed by atoms with Gasteiger partial charge in [-0.2, -0.15) is 0 Å². The number of aliphatic hydroxyl groups excluding tert-OH is 1. The molecular weight excluding hydrogens is 188 g/mol. The number of ketones is 1. The van der Waals surface area contributed by atoms with Crippen LogP contribution in [0.5, 0.6) is 0 Å². The molecule has 1 aromatic carbocycles. The molecule has 2 nitrogen and oxygen atoms in total. The van der Waals surface area contributed by atoms with Crippen molar-refractivity contribution in [3.05, 3.63) is 35.9 Å². The lowest BCUT2D eigenvalue weighted by molar-refractivity contribution is -0.121. The van der Waals surface area contributed by atoms with E-state index in [1.807, 2.05) is 18.2 Å². The zero-order valence-corrected chi connectivity index (χ0v) is 8.73. The van der Waals surface area contributed by atoms with Crippen LogP contribution in [0.2, 0.25) is 0 Å². The Morgan fingerprint density at radius 2 is 2.00 bits per heavy atom. The minimum Gasteiger partial charge on any atom is -0.393 e. The molecule has 2 atom stereocenters. The summed E-state index contributed by atoms with van der Waals surface area (Å²) in [6, 6.07) is 10.2. The number of hydrogen-bond acceptors (Lipinski definition) is 2. The molecule has 0 radical (unpaired) electrons. The fourth-order valence-electron chi connectivity index (χ4n) is 2.21. The fraction of sp³-hybridized carbons (Fsp3) is 0.462. The first-order valence-electron chi connectivity index (χ1n) is 5.50. The maximum atomic E-state index is 11.4. The highest BCUT2D eigenvalue weighted by Gasteiger charge is 2.30. The molecule has 15 heavy (non-hydrogen) atoms. The van der Waals surface area contributed by atoms with E-state index in [4.69, 9.17) is 0 Å². The van der Waals surface area contributed by atoms with Crippen LogP contribution >= 0.6 is 0 Å². The summed E-state index contributed by atoms with van der Waals surface area (Å²) in [5, 5.41) is 9.35. The molecular formula is C13H16O2. The van der Waals surface area contributed by atoms with Crippen LogP contribution in [0.3, 0.4) is 0 Å². The van der Waals surface area contributed by atoms with Crippen LogP contribution in [0, 0.1) is 5.92 Å². The molecule has 1 aliphatic rings. The van der Waals surface area contributed by atoms with Crippen molar-refractivity contribution in [2.24, 2.45) is 5.92 Å². The first-order chi connectivity index (χ1) is 7.25. The molecule has 1 fully saturated rings. The van der Waals surface area contributed by atoms with E-state index < -0.39 is 6.10 Å². The summed E-state index contributed by atoms with van der Waals surface area (Å²) in [4.78, 5) is 11.4. The number of Topliss-reactive ketones (excluding diaryl/α,β-unsaturated/α-hetero) is 1. The van der Waals surface area contributed by atoms with Crippen LogP contribution in [0.15, 0.2) is 30.3 Å². The van der Waals surface area contributed by atoms with E-state index in [1.165, 1.54) is 5.56 Å². The minimum atomic E-state index is -0.390. The largest absolute Gasteiger partial charge is 0.393 e. The third-order valence-corrected chi connectivity index (χ3v) is 3.07. The molecule has 1 saturated carbocycles. The lowest BCUT2D eigenvalue weighted by Crippen LogP contribution is -2.07. The van der Waals surface area contributed by atoms with Crippen LogP contribution in [-0.4, -0.2) is 17.0 Å². The molecule has 1 aliphatic carbocycles. The van der Waals surface area contributed by atoms with Crippen molar-refractivity contribution in [2.75, 3.05) is 0 Å². The van der Waals surface area contributed by atoms with Gasteiger partial charge in [0.1, 0.15) is 5.78 Å². The second-order valence-corrected chi connectivity index (χ2v) is 4.28. The van der Waals surface area contributed by atoms with Crippen molar-refractivity contribution in [1.82, 2.24) is 0 Å². The van der Waals surface area contributed by atoms with Crippen LogP contribution in [-0.2, 0) is 11.2 Å². The van der Waals surface area contributed by atoms with Gasteiger partial charge in [-0.1, -0.05) is 30.3 Å². The smallest absolute Gasteiger partial charge is 0.138 e. The summed E-state index contributed by atoms with van der Waals surface area (Å²) in [5.74, 6) is 0.318. The highest BCUT2D eigenvalue weighted by Crippen LogP contribution is 2.26. The zero-order valence-electron chi connectivity index (χ0n) is 8.73. The average molecular weight is 204 g/mol. The highest BCUT2D eigenvalue weighted by molar-refractivity contribution is 5.83. The van der Waals surface area contributed by atoms with Gasteiger partial charge in [0.15, 0.2) is 0 Å². The molecule has 0 spiro atoms. The lowest BCUT2D eigenvalue weighted by Gasteiger charge is -2.07. The van der Waals surface area contributed by atoms with Crippen molar-refractivity contribution in [1.29, 1.82) is 0 Å². The summed E-state index contributed by atoms with van der Waals surface area (Å²) in [7, 11) is 0. The number of carbonyl (C=O) groups is 1. The second-order valence-electron chi connectivity index (χ2n) is 4.28. The van der Waals surface area contributed by atoms with E-state index in [1.54, 1.807) is 0 Å². The zero-order chi connectivity index (χ0) is 10.7. The maximum Gasteiger partial charge on any atom is 0.138 e. The number of aliphatic hydroxyl groups is 1. The molecule has 0 bridgehead atoms. The van der Waals surface area contributed by atoms with Crippen molar-refractivity contribution < 1.29 is 9.90 Å². The van der Waals surface area contributed by atoms with Gasteiger partial charge in [0.05, 0.1) is 6.10 Å². The van der Waals surface area contributed by atoms with Gasteiger partial charge in [-0.25, -0.2) is 0 Å². The van der Waals surface area contributed by atoms with Crippen LogP contribution in [0.25, 0.3) is 0 Å². The Morgan fingerprint density at radius 3 is 2.60 bits per heavy atom. The van der Waals surface area contributed by atoms with E-state index >= 15 is 0 Å². The Labute approximate surface area is 89.9 Å². The van der Waals surface area contributed by atoms with Crippen LogP contribution in [0.1, 0.15) is 24.8 Å². The average Bonchev–Trinajstić information content (AvgIpc) is 2.56. The van der Waals surface area contributed by atoms with Crippen molar-refractivity contribution in [3.8, 4) is 0 Å². The summed E-state index contributed by atoms with van der Waals surface area (Å²) in [5.41, 5.74) is 1.27. The maximum absolute atomic E-state index is 11.4. The number of benzene rings is 1. The molecule has 0 amide bonds. The van der Waals surface area contributed by atoms with Crippen molar-refractivity contribution in [2.45, 2.75) is 31.8 Å². The molecule has 0 unspecified atom stereocenters. The molecule has 0 aromatic heterocycles. The van der Waals surface area contributed by atoms with E-state index in [0.29, 0.717) is 12.8 Å². The van der Waals surface area contributed by atoms with Crippen LogP contribution < -0.4 is 0 Å². The Kier molecular flexibility index (Phi) is 3.17. The molecule has 2 heteroatoms. The van der Waals surface area contributed by atoms with Gasteiger partial charge < -0.3 is 5.11 Å². The molecule has 2 rings (SSSR count). The quantitative estimate of drug-likeness (QED) is 0.817. The third kappa shape index (κ3) is 2.66.